The molecule has 8 heteroatoms. The molecule has 0 aliphatic rings. The third-order valence-electron chi connectivity index (χ3n) is 3.15. The lowest BCUT2D eigenvalue weighted by molar-refractivity contribution is 0.102. The monoisotopic (exact) mass is 313 g/mol. The van der Waals surface area contributed by atoms with Crippen molar-refractivity contribution in [2.24, 2.45) is 0 Å². The van der Waals surface area contributed by atoms with Crippen LogP contribution >= 0.6 is 11.3 Å². The Bertz CT molecular complexity index is 906. The standard InChI is InChI=1S/C14H11N5O2S/c1-7-9-5-8(6-15)3-4-10(9)22-11(7)12(20)16-13-17-14(21-2)19-18-13/h3-5H,1-2H3,(H2,16,17,18,19,20). The SMILES string of the molecule is COc1n[nH]c(NC(=O)c2sc3ccc(C#N)cc3c2C)n1. The first-order chi connectivity index (χ1) is 10.6. The summed E-state index contributed by atoms with van der Waals surface area (Å²) in [6.07, 6.45) is 0. The van der Waals surface area contributed by atoms with E-state index in [4.69, 9.17) is 10.00 Å². The topological polar surface area (TPSA) is 104 Å². The van der Waals surface area contributed by atoms with Gasteiger partial charge in [-0.2, -0.15) is 10.2 Å². The number of carbonyl (C=O) groups excluding carboxylic acids is 1. The molecule has 0 atom stereocenters. The molecule has 0 radical (unpaired) electrons. The number of aromatic amines is 1. The lowest BCUT2D eigenvalue weighted by Crippen LogP contribution is -2.12. The zero-order valence-electron chi connectivity index (χ0n) is 11.8. The molecule has 0 unspecified atom stereocenters. The van der Waals surface area contributed by atoms with Crippen LogP contribution in [0.1, 0.15) is 20.8 Å². The minimum atomic E-state index is -0.281. The summed E-state index contributed by atoms with van der Waals surface area (Å²) in [5.41, 5.74) is 1.40. The molecule has 0 saturated heterocycles. The molecule has 7 nitrogen and oxygen atoms in total. The number of ether oxygens (including phenoxy) is 1. The zero-order valence-corrected chi connectivity index (χ0v) is 12.6. The third kappa shape index (κ3) is 2.38. The van der Waals surface area contributed by atoms with E-state index in [-0.39, 0.29) is 17.9 Å². The molecule has 0 aliphatic heterocycles. The first kappa shape index (κ1) is 14.0. The maximum atomic E-state index is 12.4. The largest absolute Gasteiger partial charge is 0.466 e. The summed E-state index contributed by atoms with van der Waals surface area (Å²) in [6, 6.07) is 7.63. The molecule has 0 fully saturated rings. The summed E-state index contributed by atoms with van der Waals surface area (Å²) < 4.78 is 5.80. The molecule has 0 spiro atoms. The first-order valence-corrected chi connectivity index (χ1v) is 7.15. The van der Waals surface area contributed by atoms with Gasteiger partial charge in [-0.25, -0.2) is 5.10 Å². The van der Waals surface area contributed by atoms with Crippen molar-refractivity contribution in [1.82, 2.24) is 15.2 Å². The van der Waals surface area contributed by atoms with Crippen molar-refractivity contribution in [2.75, 3.05) is 12.4 Å². The van der Waals surface area contributed by atoms with Crippen molar-refractivity contribution in [2.45, 2.75) is 6.92 Å². The summed E-state index contributed by atoms with van der Waals surface area (Å²) in [5, 5.41) is 18.9. The van der Waals surface area contributed by atoms with Crippen LogP contribution in [-0.2, 0) is 0 Å². The van der Waals surface area contributed by atoms with E-state index in [0.29, 0.717) is 10.4 Å². The molecule has 0 aliphatic carbocycles. The Morgan fingerprint density at radius 2 is 2.32 bits per heavy atom. The van der Waals surface area contributed by atoms with Gasteiger partial charge in [0.15, 0.2) is 0 Å². The third-order valence-corrected chi connectivity index (χ3v) is 4.42. The van der Waals surface area contributed by atoms with E-state index in [1.54, 1.807) is 12.1 Å². The van der Waals surface area contributed by atoms with Crippen LogP contribution in [-0.4, -0.2) is 28.2 Å². The Kier molecular flexibility index (Phi) is 3.48. The number of amides is 1. The molecule has 2 heterocycles. The minimum absolute atomic E-state index is 0.155. The number of nitrogens with zero attached hydrogens (tertiary/aromatic N) is 3. The number of benzene rings is 1. The van der Waals surface area contributed by atoms with Crippen LogP contribution < -0.4 is 10.1 Å². The molecule has 0 bridgehead atoms. The molecule has 1 aromatic carbocycles. The Morgan fingerprint density at radius 1 is 1.50 bits per heavy atom. The summed E-state index contributed by atoms with van der Waals surface area (Å²) in [4.78, 5) is 16.9. The first-order valence-electron chi connectivity index (χ1n) is 6.33. The van der Waals surface area contributed by atoms with Gasteiger partial charge < -0.3 is 4.74 Å². The number of aryl methyl sites for hydroxylation is 1. The van der Waals surface area contributed by atoms with E-state index in [9.17, 15) is 4.79 Å². The number of rotatable bonds is 3. The normalized spacial score (nSPS) is 10.4. The summed E-state index contributed by atoms with van der Waals surface area (Å²) in [7, 11) is 1.44. The van der Waals surface area contributed by atoms with Gasteiger partial charge in [0.2, 0.25) is 5.95 Å². The number of nitriles is 1. The summed E-state index contributed by atoms with van der Waals surface area (Å²) >= 11 is 1.37. The zero-order chi connectivity index (χ0) is 15.7. The molecule has 2 N–H and O–H groups in total. The second-order valence-corrected chi connectivity index (χ2v) is 5.56. The number of hydrogen-bond acceptors (Lipinski definition) is 6. The van der Waals surface area contributed by atoms with Crippen LogP contribution in [0.4, 0.5) is 5.95 Å². The van der Waals surface area contributed by atoms with Gasteiger partial charge in [0.05, 0.1) is 23.6 Å². The maximum absolute atomic E-state index is 12.4. The van der Waals surface area contributed by atoms with Crippen LogP contribution in [0, 0.1) is 18.3 Å². The second-order valence-electron chi connectivity index (χ2n) is 4.50. The highest BCUT2D eigenvalue weighted by molar-refractivity contribution is 7.21. The fourth-order valence-corrected chi connectivity index (χ4v) is 3.15. The van der Waals surface area contributed by atoms with Gasteiger partial charge in [0, 0.05) is 4.70 Å². The average molecular weight is 313 g/mol. The Hall–Kier alpha value is -2.92. The molecular formula is C14H11N5O2S. The number of fused-ring (bicyclic) bond motifs is 1. The Balaban J connectivity index is 1.93. The van der Waals surface area contributed by atoms with Gasteiger partial charge in [0.1, 0.15) is 0 Å². The van der Waals surface area contributed by atoms with Gasteiger partial charge in [-0.15, -0.1) is 16.4 Å². The smallest absolute Gasteiger partial charge is 0.336 e. The lowest BCUT2D eigenvalue weighted by atomic mass is 10.1. The van der Waals surface area contributed by atoms with Crippen molar-refractivity contribution < 1.29 is 9.53 Å². The van der Waals surface area contributed by atoms with E-state index in [0.717, 1.165) is 15.6 Å². The highest BCUT2D eigenvalue weighted by atomic mass is 32.1. The van der Waals surface area contributed by atoms with Crippen molar-refractivity contribution in [3.05, 3.63) is 34.2 Å². The van der Waals surface area contributed by atoms with Gasteiger partial charge >= 0.3 is 6.01 Å². The maximum Gasteiger partial charge on any atom is 0.336 e. The van der Waals surface area contributed by atoms with Crippen molar-refractivity contribution in [3.8, 4) is 12.1 Å². The van der Waals surface area contributed by atoms with Crippen LogP contribution in [0.2, 0.25) is 0 Å². The van der Waals surface area contributed by atoms with E-state index in [1.807, 2.05) is 13.0 Å². The summed E-state index contributed by atoms with van der Waals surface area (Å²) in [6.45, 7) is 1.86. The van der Waals surface area contributed by atoms with Crippen molar-refractivity contribution >= 4 is 33.3 Å². The molecule has 3 aromatic rings. The Morgan fingerprint density at radius 3 is 3.00 bits per heavy atom. The molecule has 1 amide bonds. The number of thiophene rings is 1. The number of nitrogens with one attached hydrogen (secondary N) is 2. The van der Waals surface area contributed by atoms with Crippen LogP contribution in [0.15, 0.2) is 18.2 Å². The number of aromatic nitrogens is 3. The second kappa shape index (κ2) is 5.46. The predicted molar refractivity (Wildman–Crippen MR) is 82.2 cm³/mol. The fourth-order valence-electron chi connectivity index (χ4n) is 2.06. The van der Waals surface area contributed by atoms with Crippen molar-refractivity contribution in [1.29, 1.82) is 5.26 Å². The van der Waals surface area contributed by atoms with E-state index >= 15 is 0 Å². The molecule has 110 valence electrons. The van der Waals surface area contributed by atoms with E-state index in [2.05, 4.69) is 26.6 Å². The van der Waals surface area contributed by atoms with E-state index < -0.39 is 0 Å². The summed E-state index contributed by atoms with van der Waals surface area (Å²) in [5.74, 6) is -0.0626. The highest BCUT2D eigenvalue weighted by Gasteiger charge is 2.17. The number of H-pyrrole nitrogens is 1. The molecule has 0 saturated carbocycles. The fraction of sp³-hybridized carbons (Fsp3) is 0.143. The molecule has 22 heavy (non-hydrogen) atoms. The van der Waals surface area contributed by atoms with Gasteiger partial charge in [-0.3, -0.25) is 10.1 Å². The quantitative estimate of drug-likeness (QED) is 0.773. The molecule has 3 rings (SSSR count). The lowest BCUT2D eigenvalue weighted by Gasteiger charge is -1.99. The van der Waals surface area contributed by atoms with Crippen LogP contribution in [0.3, 0.4) is 0 Å². The molecule has 2 aromatic heterocycles. The minimum Gasteiger partial charge on any atom is -0.466 e. The number of methoxy groups -OCH3 is 1. The number of hydrogen-bond donors (Lipinski definition) is 2. The Labute approximate surface area is 129 Å². The average Bonchev–Trinajstić information content (AvgIpc) is 3.11. The van der Waals surface area contributed by atoms with E-state index in [1.165, 1.54) is 18.4 Å². The number of anilines is 1. The van der Waals surface area contributed by atoms with Gasteiger partial charge in [-0.1, -0.05) is 0 Å². The van der Waals surface area contributed by atoms with Gasteiger partial charge in [-0.05, 0) is 36.1 Å². The van der Waals surface area contributed by atoms with Crippen LogP contribution in [0.5, 0.6) is 6.01 Å². The van der Waals surface area contributed by atoms with Gasteiger partial charge in [0.25, 0.3) is 5.91 Å². The molecular weight excluding hydrogens is 302 g/mol. The highest BCUT2D eigenvalue weighted by Crippen LogP contribution is 2.31. The number of carbonyl (C=O) groups is 1. The van der Waals surface area contributed by atoms with Crippen molar-refractivity contribution in [3.63, 3.8) is 0 Å². The predicted octanol–water partition coefficient (Wildman–Crippen LogP) is 2.46. The van der Waals surface area contributed by atoms with Crippen LogP contribution in [0.25, 0.3) is 10.1 Å².